The standard InChI is InChI=1S/C23H28N8/c1-4-29-8-10-30(11-9-29)19-15-24-20(12-16(19)3)27-23-25-13-17-6-7-18-14-26-31(5-2)22(18)21(17)28-23/h6-7,12-15H,4-5,8-11H2,1-3H3,(H,24,25,27,28). The van der Waals surface area contributed by atoms with Crippen LogP contribution in [0.3, 0.4) is 0 Å². The van der Waals surface area contributed by atoms with Gasteiger partial charge in [-0.1, -0.05) is 19.1 Å². The molecule has 0 unspecified atom stereocenters. The molecule has 1 N–H and O–H groups in total. The minimum absolute atomic E-state index is 0.542. The first kappa shape index (κ1) is 19.7. The molecule has 8 nitrogen and oxygen atoms in total. The van der Waals surface area contributed by atoms with E-state index in [0.29, 0.717) is 5.95 Å². The van der Waals surface area contributed by atoms with Crippen LogP contribution in [-0.2, 0) is 6.54 Å². The van der Waals surface area contributed by atoms with Crippen LogP contribution in [0.25, 0.3) is 21.8 Å². The summed E-state index contributed by atoms with van der Waals surface area (Å²) in [6.45, 7) is 12.6. The Morgan fingerprint density at radius 1 is 0.935 bits per heavy atom. The van der Waals surface area contributed by atoms with E-state index in [1.807, 2.05) is 29.3 Å². The van der Waals surface area contributed by atoms with Gasteiger partial charge in [0, 0.05) is 49.7 Å². The molecule has 1 aromatic carbocycles. The van der Waals surface area contributed by atoms with E-state index < -0.39 is 0 Å². The highest BCUT2D eigenvalue weighted by Crippen LogP contribution is 2.26. The summed E-state index contributed by atoms with van der Waals surface area (Å²) in [4.78, 5) is 18.9. The van der Waals surface area contributed by atoms with Gasteiger partial charge in [0.1, 0.15) is 11.3 Å². The maximum Gasteiger partial charge on any atom is 0.228 e. The van der Waals surface area contributed by atoms with E-state index in [2.05, 4.69) is 63.1 Å². The highest BCUT2D eigenvalue weighted by molar-refractivity contribution is 6.03. The molecule has 0 atom stereocenters. The van der Waals surface area contributed by atoms with Gasteiger partial charge in [-0.15, -0.1) is 0 Å². The van der Waals surface area contributed by atoms with Crippen molar-refractivity contribution in [2.75, 3.05) is 42.9 Å². The van der Waals surface area contributed by atoms with Crippen LogP contribution in [0.5, 0.6) is 0 Å². The van der Waals surface area contributed by atoms with Crippen molar-refractivity contribution in [2.45, 2.75) is 27.3 Å². The van der Waals surface area contributed by atoms with Gasteiger partial charge in [0.15, 0.2) is 0 Å². The lowest BCUT2D eigenvalue weighted by Gasteiger charge is -2.36. The number of benzene rings is 1. The van der Waals surface area contributed by atoms with Crippen molar-refractivity contribution in [3.05, 3.63) is 42.4 Å². The Hall–Kier alpha value is -3.26. The van der Waals surface area contributed by atoms with Crippen LogP contribution >= 0.6 is 0 Å². The Bertz CT molecular complexity index is 1220. The van der Waals surface area contributed by atoms with Crippen molar-refractivity contribution in [1.29, 1.82) is 0 Å². The van der Waals surface area contributed by atoms with Crippen molar-refractivity contribution in [1.82, 2.24) is 29.6 Å². The van der Waals surface area contributed by atoms with Crippen LogP contribution in [-0.4, -0.2) is 62.4 Å². The second kappa shape index (κ2) is 8.11. The molecule has 1 aliphatic rings. The molecule has 1 saturated heterocycles. The predicted molar refractivity (Wildman–Crippen MR) is 125 cm³/mol. The molecule has 0 spiro atoms. The number of nitrogens with one attached hydrogen (secondary N) is 1. The monoisotopic (exact) mass is 416 g/mol. The summed E-state index contributed by atoms with van der Waals surface area (Å²) in [5.74, 6) is 1.30. The molecule has 0 saturated carbocycles. The van der Waals surface area contributed by atoms with Gasteiger partial charge in [0.25, 0.3) is 0 Å². The van der Waals surface area contributed by atoms with E-state index in [4.69, 9.17) is 4.98 Å². The average Bonchev–Trinajstić information content (AvgIpc) is 3.23. The number of pyridine rings is 1. The Kier molecular flexibility index (Phi) is 5.15. The van der Waals surface area contributed by atoms with Crippen molar-refractivity contribution in [3.8, 4) is 0 Å². The minimum Gasteiger partial charge on any atom is -0.368 e. The Morgan fingerprint density at radius 2 is 1.74 bits per heavy atom. The predicted octanol–water partition coefficient (Wildman–Crippen LogP) is 3.59. The maximum atomic E-state index is 4.80. The van der Waals surface area contributed by atoms with Crippen LogP contribution in [0.1, 0.15) is 19.4 Å². The van der Waals surface area contributed by atoms with Crippen molar-refractivity contribution < 1.29 is 0 Å². The summed E-state index contributed by atoms with van der Waals surface area (Å²) in [7, 11) is 0. The average molecular weight is 417 g/mol. The molecule has 0 bridgehead atoms. The summed E-state index contributed by atoms with van der Waals surface area (Å²) in [6.07, 6.45) is 5.70. The Labute approximate surface area is 181 Å². The largest absolute Gasteiger partial charge is 0.368 e. The molecular weight excluding hydrogens is 388 g/mol. The van der Waals surface area contributed by atoms with Gasteiger partial charge < -0.3 is 15.1 Å². The molecule has 1 fully saturated rings. The molecule has 4 heterocycles. The second-order valence-electron chi connectivity index (χ2n) is 8.00. The Balaban J connectivity index is 1.41. The topological polar surface area (TPSA) is 75.0 Å². The number of likely N-dealkylation sites (N-methyl/N-ethyl adjacent to an activating group) is 1. The SMILES string of the molecule is CCN1CCN(c2cnc(Nc3ncc4ccc5cnn(CC)c5c4n3)cc2C)CC1. The molecule has 0 radical (unpaired) electrons. The number of nitrogens with zero attached hydrogens (tertiary/aromatic N) is 7. The van der Waals surface area contributed by atoms with Gasteiger partial charge in [-0.05, 0) is 32.0 Å². The van der Waals surface area contributed by atoms with Gasteiger partial charge in [0.2, 0.25) is 5.95 Å². The summed E-state index contributed by atoms with van der Waals surface area (Å²) in [5, 5.41) is 9.84. The minimum atomic E-state index is 0.542. The maximum absolute atomic E-state index is 4.80. The molecule has 1 aliphatic heterocycles. The summed E-state index contributed by atoms with van der Waals surface area (Å²) < 4.78 is 1.98. The lowest BCUT2D eigenvalue weighted by Crippen LogP contribution is -2.46. The second-order valence-corrected chi connectivity index (χ2v) is 8.00. The molecule has 5 rings (SSSR count). The van der Waals surface area contributed by atoms with E-state index >= 15 is 0 Å². The number of fused-ring (bicyclic) bond motifs is 3. The fraction of sp³-hybridized carbons (Fsp3) is 0.391. The molecule has 0 aliphatic carbocycles. The van der Waals surface area contributed by atoms with Crippen LogP contribution < -0.4 is 10.2 Å². The first-order valence-corrected chi connectivity index (χ1v) is 11.0. The highest BCUT2D eigenvalue weighted by Gasteiger charge is 2.18. The molecule has 31 heavy (non-hydrogen) atoms. The van der Waals surface area contributed by atoms with Gasteiger partial charge in [-0.2, -0.15) is 5.10 Å². The third kappa shape index (κ3) is 3.67. The highest BCUT2D eigenvalue weighted by atomic mass is 15.3. The first-order valence-electron chi connectivity index (χ1n) is 11.0. The molecule has 0 amide bonds. The van der Waals surface area contributed by atoms with E-state index in [9.17, 15) is 0 Å². The number of aromatic nitrogens is 5. The van der Waals surface area contributed by atoms with Crippen molar-refractivity contribution in [2.24, 2.45) is 0 Å². The normalized spacial score (nSPS) is 15.1. The fourth-order valence-electron chi connectivity index (χ4n) is 4.33. The van der Waals surface area contributed by atoms with Crippen LogP contribution in [0.4, 0.5) is 17.5 Å². The fourth-order valence-corrected chi connectivity index (χ4v) is 4.33. The first-order chi connectivity index (χ1) is 15.2. The van der Waals surface area contributed by atoms with E-state index in [0.717, 1.165) is 66.9 Å². The van der Waals surface area contributed by atoms with E-state index in [1.54, 1.807) is 0 Å². The lowest BCUT2D eigenvalue weighted by atomic mass is 10.2. The van der Waals surface area contributed by atoms with Gasteiger partial charge in [-0.3, -0.25) is 4.68 Å². The lowest BCUT2D eigenvalue weighted by molar-refractivity contribution is 0.271. The number of aryl methyl sites for hydroxylation is 2. The zero-order chi connectivity index (χ0) is 21.4. The zero-order valence-corrected chi connectivity index (χ0v) is 18.3. The van der Waals surface area contributed by atoms with E-state index in [-0.39, 0.29) is 0 Å². The smallest absolute Gasteiger partial charge is 0.228 e. The van der Waals surface area contributed by atoms with Gasteiger partial charge in [0.05, 0.1) is 23.6 Å². The molecule has 4 aromatic rings. The molecule has 160 valence electrons. The number of piperazine rings is 1. The van der Waals surface area contributed by atoms with Gasteiger partial charge in [-0.25, -0.2) is 15.0 Å². The third-order valence-electron chi connectivity index (χ3n) is 6.13. The zero-order valence-electron chi connectivity index (χ0n) is 18.3. The van der Waals surface area contributed by atoms with Crippen molar-refractivity contribution in [3.63, 3.8) is 0 Å². The summed E-state index contributed by atoms with van der Waals surface area (Å²) in [6, 6.07) is 6.18. The molecular formula is C23H28N8. The Morgan fingerprint density at radius 3 is 2.48 bits per heavy atom. The van der Waals surface area contributed by atoms with Gasteiger partial charge >= 0.3 is 0 Å². The van der Waals surface area contributed by atoms with E-state index in [1.165, 1.54) is 11.3 Å². The third-order valence-corrected chi connectivity index (χ3v) is 6.13. The molecule has 8 heteroatoms. The number of hydrogen-bond donors (Lipinski definition) is 1. The van der Waals surface area contributed by atoms with Crippen LogP contribution in [0.2, 0.25) is 0 Å². The quantitative estimate of drug-likeness (QED) is 0.533. The summed E-state index contributed by atoms with van der Waals surface area (Å²) >= 11 is 0. The van der Waals surface area contributed by atoms with Crippen LogP contribution in [0, 0.1) is 6.92 Å². The van der Waals surface area contributed by atoms with Crippen LogP contribution in [0.15, 0.2) is 36.8 Å². The summed E-state index contributed by atoms with van der Waals surface area (Å²) in [5.41, 5.74) is 4.34. The molecule has 3 aromatic heterocycles. The van der Waals surface area contributed by atoms with Crippen molar-refractivity contribution >= 4 is 39.3 Å². The number of rotatable bonds is 5. The number of hydrogen-bond acceptors (Lipinski definition) is 7. The number of anilines is 3.